The lowest BCUT2D eigenvalue weighted by Crippen LogP contribution is -2.40. The molecule has 1 aromatic heterocycles. The van der Waals surface area contributed by atoms with Crippen molar-refractivity contribution in [2.45, 2.75) is 45.2 Å². The molecule has 0 amide bonds. The lowest BCUT2D eigenvalue weighted by molar-refractivity contribution is 0.159. The third-order valence-corrected chi connectivity index (χ3v) is 4.21. The second-order valence-corrected chi connectivity index (χ2v) is 5.71. The van der Waals surface area contributed by atoms with Crippen LogP contribution in [0.25, 0.3) is 0 Å². The molecule has 2 saturated heterocycles. The van der Waals surface area contributed by atoms with E-state index in [1.165, 1.54) is 51.9 Å². The lowest BCUT2D eigenvalue weighted by atomic mass is 10.1. The van der Waals surface area contributed by atoms with Gasteiger partial charge in [-0.1, -0.05) is 11.6 Å². The molecule has 0 N–H and O–H groups in total. The predicted octanol–water partition coefficient (Wildman–Crippen LogP) is 2.04. The Morgan fingerprint density at radius 1 is 1.28 bits per heavy atom. The molecule has 0 spiro atoms. The standard InChI is InChI=1S/C14H23N3O/c1-12-9-14(18-15-12)11-16-8-5-13(10-16)17-6-3-2-4-7-17/h9,13H,2-8,10-11H2,1H3/t13-/m1/s1. The molecule has 0 unspecified atom stereocenters. The number of likely N-dealkylation sites (tertiary alicyclic amines) is 2. The predicted molar refractivity (Wildman–Crippen MR) is 70.3 cm³/mol. The van der Waals surface area contributed by atoms with Crippen molar-refractivity contribution >= 4 is 0 Å². The van der Waals surface area contributed by atoms with Gasteiger partial charge in [-0.15, -0.1) is 0 Å². The first-order valence-electron chi connectivity index (χ1n) is 7.20. The van der Waals surface area contributed by atoms with Crippen molar-refractivity contribution in [1.82, 2.24) is 15.0 Å². The summed E-state index contributed by atoms with van der Waals surface area (Å²) in [7, 11) is 0. The van der Waals surface area contributed by atoms with Gasteiger partial charge >= 0.3 is 0 Å². The summed E-state index contributed by atoms with van der Waals surface area (Å²) in [5.74, 6) is 1.01. The van der Waals surface area contributed by atoms with E-state index in [-0.39, 0.29) is 0 Å². The molecule has 4 heteroatoms. The number of aromatic nitrogens is 1. The molecule has 2 fully saturated rings. The molecular formula is C14H23N3O. The maximum atomic E-state index is 5.30. The average Bonchev–Trinajstić information content (AvgIpc) is 3.01. The van der Waals surface area contributed by atoms with E-state index in [2.05, 4.69) is 15.0 Å². The van der Waals surface area contributed by atoms with Crippen LogP contribution in [0.2, 0.25) is 0 Å². The van der Waals surface area contributed by atoms with E-state index in [1.54, 1.807) is 0 Å². The van der Waals surface area contributed by atoms with Gasteiger partial charge in [-0.2, -0.15) is 0 Å². The molecule has 0 aromatic carbocycles. The van der Waals surface area contributed by atoms with Gasteiger partial charge in [0.2, 0.25) is 0 Å². The Balaban J connectivity index is 1.51. The minimum atomic E-state index is 0.773. The summed E-state index contributed by atoms with van der Waals surface area (Å²) in [6.45, 7) is 7.90. The highest BCUT2D eigenvalue weighted by molar-refractivity contribution is 5.03. The summed E-state index contributed by atoms with van der Waals surface area (Å²) >= 11 is 0. The SMILES string of the molecule is Cc1cc(CN2CC[C@@H](N3CCCCC3)C2)on1. The van der Waals surface area contributed by atoms with Crippen LogP contribution < -0.4 is 0 Å². The van der Waals surface area contributed by atoms with Gasteiger partial charge in [-0.05, 0) is 39.3 Å². The van der Waals surface area contributed by atoms with Gasteiger partial charge in [0.05, 0.1) is 12.2 Å². The smallest absolute Gasteiger partial charge is 0.150 e. The molecule has 4 nitrogen and oxygen atoms in total. The molecule has 0 bridgehead atoms. The minimum absolute atomic E-state index is 0.773. The van der Waals surface area contributed by atoms with Crippen LogP contribution in [0.5, 0.6) is 0 Å². The Labute approximate surface area is 109 Å². The van der Waals surface area contributed by atoms with Gasteiger partial charge in [0.15, 0.2) is 5.76 Å². The summed E-state index contributed by atoms with van der Waals surface area (Å²) in [6, 6.07) is 2.82. The van der Waals surface area contributed by atoms with E-state index in [0.717, 1.165) is 24.0 Å². The fourth-order valence-corrected chi connectivity index (χ4v) is 3.25. The number of rotatable bonds is 3. The van der Waals surface area contributed by atoms with Gasteiger partial charge in [0.25, 0.3) is 0 Å². The van der Waals surface area contributed by atoms with Crippen molar-refractivity contribution in [2.24, 2.45) is 0 Å². The highest BCUT2D eigenvalue weighted by atomic mass is 16.5. The highest BCUT2D eigenvalue weighted by Gasteiger charge is 2.28. The summed E-state index contributed by atoms with van der Waals surface area (Å²) in [6.07, 6.45) is 5.51. The first-order valence-corrected chi connectivity index (χ1v) is 7.20. The number of nitrogens with zero attached hydrogens (tertiary/aromatic N) is 3. The van der Waals surface area contributed by atoms with E-state index < -0.39 is 0 Å². The van der Waals surface area contributed by atoms with Gasteiger partial charge in [0, 0.05) is 25.2 Å². The Morgan fingerprint density at radius 2 is 2.11 bits per heavy atom. The van der Waals surface area contributed by atoms with Gasteiger partial charge in [-0.3, -0.25) is 9.80 Å². The van der Waals surface area contributed by atoms with E-state index in [0.29, 0.717) is 0 Å². The number of piperidine rings is 1. The van der Waals surface area contributed by atoms with E-state index >= 15 is 0 Å². The lowest BCUT2D eigenvalue weighted by Gasteiger charge is -2.32. The van der Waals surface area contributed by atoms with Crippen molar-refractivity contribution < 1.29 is 4.52 Å². The van der Waals surface area contributed by atoms with E-state index in [4.69, 9.17) is 4.52 Å². The zero-order valence-corrected chi connectivity index (χ0v) is 11.3. The third kappa shape index (κ3) is 2.75. The largest absolute Gasteiger partial charge is 0.360 e. The molecule has 1 atom stereocenters. The van der Waals surface area contributed by atoms with Crippen molar-refractivity contribution in [2.75, 3.05) is 26.2 Å². The molecule has 2 aliphatic rings. The average molecular weight is 249 g/mol. The van der Waals surface area contributed by atoms with Crippen LogP contribution >= 0.6 is 0 Å². The normalized spacial score (nSPS) is 26.8. The molecule has 100 valence electrons. The fourth-order valence-electron chi connectivity index (χ4n) is 3.25. The second-order valence-electron chi connectivity index (χ2n) is 5.71. The van der Waals surface area contributed by atoms with Crippen LogP contribution in [0.3, 0.4) is 0 Å². The van der Waals surface area contributed by atoms with Crippen molar-refractivity contribution in [3.8, 4) is 0 Å². The third-order valence-electron chi connectivity index (χ3n) is 4.21. The molecule has 3 rings (SSSR count). The molecule has 3 heterocycles. The van der Waals surface area contributed by atoms with Gasteiger partial charge in [0.1, 0.15) is 0 Å². The maximum absolute atomic E-state index is 5.30. The van der Waals surface area contributed by atoms with Crippen LogP contribution in [0.1, 0.15) is 37.1 Å². The molecular weight excluding hydrogens is 226 g/mol. The van der Waals surface area contributed by atoms with Crippen molar-refractivity contribution in [3.63, 3.8) is 0 Å². The second kappa shape index (κ2) is 5.41. The summed E-state index contributed by atoms with van der Waals surface area (Å²) in [5, 5.41) is 3.96. The maximum Gasteiger partial charge on any atom is 0.150 e. The summed E-state index contributed by atoms with van der Waals surface area (Å²) in [4.78, 5) is 5.19. The molecule has 18 heavy (non-hydrogen) atoms. The van der Waals surface area contributed by atoms with Crippen LogP contribution in [0.4, 0.5) is 0 Å². The van der Waals surface area contributed by atoms with Crippen LogP contribution in [0, 0.1) is 6.92 Å². The first kappa shape index (κ1) is 12.2. The Hall–Kier alpha value is -0.870. The Kier molecular flexibility index (Phi) is 3.66. The number of aryl methyl sites for hydroxylation is 1. The molecule has 2 aliphatic heterocycles. The van der Waals surface area contributed by atoms with E-state index in [9.17, 15) is 0 Å². The molecule has 0 saturated carbocycles. The molecule has 0 aliphatic carbocycles. The monoisotopic (exact) mass is 249 g/mol. The molecule has 0 radical (unpaired) electrons. The topological polar surface area (TPSA) is 32.5 Å². The zero-order chi connectivity index (χ0) is 12.4. The van der Waals surface area contributed by atoms with Crippen molar-refractivity contribution in [3.05, 3.63) is 17.5 Å². The van der Waals surface area contributed by atoms with Crippen LogP contribution in [0.15, 0.2) is 10.6 Å². The first-order chi connectivity index (χ1) is 8.81. The minimum Gasteiger partial charge on any atom is -0.360 e. The number of hydrogen-bond acceptors (Lipinski definition) is 4. The van der Waals surface area contributed by atoms with Gasteiger partial charge in [-0.25, -0.2) is 0 Å². The fraction of sp³-hybridized carbons (Fsp3) is 0.786. The Bertz CT molecular complexity index is 384. The summed E-state index contributed by atoms with van der Waals surface area (Å²) in [5.41, 5.74) is 0.983. The van der Waals surface area contributed by atoms with E-state index in [1.807, 2.05) is 13.0 Å². The molecule has 1 aromatic rings. The Morgan fingerprint density at radius 3 is 2.83 bits per heavy atom. The summed E-state index contributed by atoms with van der Waals surface area (Å²) < 4.78 is 5.30. The zero-order valence-electron chi connectivity index (χ0n) is 11.3. The van der Waals surface area contributed by atoms with Gasteiger partial charge < -0.3 is 4.52 Å². The number of hydrogen-bond donors (Lipinski definition) is 0. The van der Waals surface area contributed by atoms with Crippen molar-refractivity contribution in [1.29, 1.82) is 0 Å². The highest BCUT2D eigenvalue weighted by Crippen LogP contribution is 2.21. The van der Waals surface area contributed by atoms with Crippen LogP contribution in [-0.4, -0.2) is 47.2 Å². The van der Waals surface area contributed by atoms with Crippen LogP contribution in [-0.2, 0) is 6.54 Å². The quantitative estimate of drug-likeness (QED) is 0.820.